The third-order valence-electron chi connectivity index (χ3n) is 6.62. The largest absolute Gasteiger partial charge is 0.390 e. The van der Waals surface area contributed by atoms with Gasteiger partial charge < -0.3 is 14.2 Å². The van der Waals surface area contributed by atoms with Crippen molar-refractivity contribution in [3.8, 4) is 0 Å². The molecule has 0 aliphatic carbocycles. The topological polar surface area (TPSA) is 30.1 Å². The van der Waals surface area contributed by atoms with Gasteiger partial charge in [-0.3, -0.25) is 0 Å². The van der Waals surface area contributed by atoms with Crippen LogP contribution in [0, 0.1) is 19.8 Å². The van der Waals surface area contributed by atoms with Crippen LogP contribution in [0.5, 0.6) is 0 Å². The van der Waals surface area contributed by atoms with Crippen LogP contribution in [-0.2, 0) is 0 Å². The normalized spacial score (nSPS) is 13.5. The number of aliphatic hydroxyl groups is 1. The maximum absolute atomic E-state index is 10.1. The summed E-state index contributed by atoms with van der Waals surface area (Å²) in [6.07, 6.45) is 8.94. The fraction of sp³-hybridized carbons (Fsp3) is 0.429. The van der Waals surface area contributed by atoms with Gasteiger partial charge in [-0.15, -0.1) is 0 Å². The van der Waals surface area contributed by atoms with E-state index in [0.29, 0.717) is 5.92 Å². The standard InChI is InChI=1S/C28H36N2O/c1-20(11-10-16-28(4,5)31)17-27(29-18-21(2)23-12-6-8-14-25(23)29)30-19-22(3)24-13-7-9-15-26(24)30/h6-9,12-15,18-20,27,31H,10-11,16-17H2,1-5H3. The van der Waals surface area contributed by atoms with Gasteiger partial charge in [0, 0.05) is 23.2 Å². The summed E-state index contributed by atoms with van der Waals surface area (Å²) in [6, 6.07) is 17.5. The lowest BCUT2D eigenvalue weighted by atomic mass is 9.94. The molecular weight excluding hydrogens is 380 g/mol. The first-order chi connectivity index (χ1) is 14.7. The van der Waals surface area contributed by atoms with E-state index in [2.05, 4.69) is 90.8 Å². The molecule has 1 N–H and O–H groups in total. The zero-order chi connectivity index (χ0) is 22.2. The fourth-order valence-electron chi connectivity index (χ4n) is 4.98. The number of benzene rings is 2. The van der Waals surface area contributed by atoms with Crippen LogP contribution in [0.15, 0.2) is 60.9 Å². The Morgan fingerprint density at radius 1 is 0.839 bits per heavy atom. The summed E-state index contributed by atoms with van der Waals surface area (Å²) < 4.78 is 4.95. The van der Waals surface area contributed by atoms with E-state index in [4.69, 9.17) is 0 Å². The molecule has 0 aliphatic heterocycles. The SMILES string of the molecule is Cc1cn(C(CC(C)CCCC(C)(C)O)n2cc(C)c3ccccc32)c2ccccc12. The number of fused-ring (bicyclic) bond motifs is 2. The number of hydrogen-bond donors (Lipinski definition) is 1. The van der Waals surface area contributed by atoms with Gasteiger partial charge in [0.25, 0.3) is 0 Å². The molecule has 4 aromatic rings. The van der Waals surface area contributed by atoms with Crippen molar-refractivity contribution in [2.24, 2.45) is 5.92 Å². The molecule has 0 saturated heterocycles. The molecule has 1 unspecified atom stereocenters. The molecule has 0 saturated carbocycles. The van der Waals surface area contributed by atoms with Crippen LogP contribution in [0.25, 0.3) is 21.8 Å². The molecule has 3 heteroatoms. The van der Waals surface area contributed by atoms with Crippen molar-refractivity contribution in [3.63, 3.8) is 0 Å². The molecule has 3 nitrogen and oxygen atoms in total. The van der Waals surface area contributed by atoms with Gasteiger partial charge in [0.15, 0.2) is 0 Å². The van der Waals surface area contributed by atoms with Gasteiger partial charge in [-0.25, -0.2) is 0 Å². The Balaban J connectivity index is 1.74. The Kier molecular flexibility index (Phi) is 5.98. The minimum absolute atomic E-state index is 0.217. The van der Waals surface area contributed by atoms with Crippen molar-refractivity contribution in [1.82, 2.24) is 9.13 Å². The van der Waals surface area contributed by atoms with E-state index >= 15 is 0 Å². The molecule has 0 spiro atoms. The summed E-state index contributed by atoms with van der Waals surface area (Å²) in [5.74, 6) is 0.551. The lowest BCUT2D eigenvalue weighted by Crippen LogP contribution is -2.21. The van der Waals surface area contributed by atoms with Gasteiger partial charge in [-0.1, -0.05) is 56.2 Å². The Hall–Kier alpha value is -2.52. The summed E-state index contributed by atoms with van der Waals surface area (Å²) in [5.41, 5.74) is 4.65. The van der Waals surface area contributed by atoms with Gasteiger partial charge in [0.1, 0.15) is 6.17 Å². The van der Waals surface area contributed by atoms with Crippen LogP contribution in [-0.4, -0.2) is 19.8 Å². The summed E-state index contributed by atoms with van der Waals surface area (Å²) in [5, 5.41) is 12.8. The summed E-state index contributed by atoms with van der Waals surface area (Å²) in [4.78, 5) is 0. The Bertz CT molecular complexity index is 1090. The second kappa shape index (κ2) is 8.55. The highest BCUT2D eigenvalue weighted by Gasteiger charge is 2.22. The van der Waals surface area contributed by atoms with E-state index in [9.17, 15) is 5.11 Å². The van der Waals surface area contributed by atoms with Gasteiger partial charge in [0.05, 0.1) is 16.6 Å². The molecular formula is C28H36N2O. The minimum atomic E-state index is -0.583. The molecule has 2 aromatic heterocycles. The predicted octanol–water partition coefficient (Wildman–Crippen LogP) is 7.23. The quantitative estimate of drug-likeness (QED) is 0.323. The van der Waals surface area contributed by atoms with Crippen molar-refractivity contribution in [3.05, 3.63) is 72.1 Å². The van der Waals surface area contributed by atoms with Gasteiger partial charge in [-0.05, 0) is 69.7 Å². The Labute approximate surface area is 186 Å². The highest BCUT2D eigenvalue weighted by atomic mass is 16.3. The monoisotopic (exact) mass is 416 g/mol. The number of hydrogen-bond acceptors (Lipinski definition) is 1. The van der Waals surface area contributed by atoms with E-state index in [-0.39, 0.29) is 6.17 Å². The van der Waals surface area contributed by atoms with Crippen molar-refractivity contribution < 1.29 is 5.11 Å². The summed E-state index contributed by atoms with van der Waals surface area (Å²) in [6.45, 7) is 10.6. The van der Waals surface area contributed by atoms with Crippen LogP contribution in [0.2, 0.25) is 0 Å². The minimum Gasteiger partial charge on any atom is -0.390 e. The molecule has 4 rings (SSSR count). The second-order valence-corrected chi connectivity index (χ2v) is 10.00. The lowest BCUT2D eigenvalue weighted by molar-refractivity contribution is 0.0666. The molecule has 0 aliphatic rings. The fourth-order valence-corrected chi connectivity index (χ4v) is 4.98. The van der Waals surface area contributed by atoms with Crippen LogP contribution in [0.1, 0.15) is 63.7 Å². The van der Waals surface area contributed by atoms with E-state index in [0.717, 1.165) is 25.7 Å². The van der Waals surface area contributed by atoms with Crippen LogP contribution in [0.3, 0.4) is 0 Å². The smallest absolute Gasteiger partial charge is 0.110 e. The molecule has 2 heterocycles. The van der Waals surface area contributed by atoms with Crippen LogP contribution < -0.4 is 0 Å². The van der Waals surface area contributed by atoms with Crippen LogP contribution in [0.4, 0.5) is 0 Å². The van der Waals surface area contributed by atoms with Crippen LogP contribution >= 0.6 is 0 Å². The number of nitrogens with zero attached hydrogens (tertiary/aromatic N) is 2. The van der Waals surface area contributed by atoms with E-state index in [1.807, 2.05) is 13.8 Å². The van der Waals surface area contributed by atoms with Crippen molar-refractivity contribution in [1.29, 1.82) is 0 Å². The lowest BCUT2D eigenvalue weighted by Gasteiger charge is -2.27. The summed E-state index contributed by atoms with van der Waals surface area (Å²) >= 11 is 0. The van der Waals surface area contributed by atoms with E-state index in [1.165, 1.54) is 32.9 Å². The highest BCUT2D eigenvalue weighted by Crippen LogP contribution is 2.34. The molecule has 0 radical (unpaired) electrons. The number of aryl methyl sites for hydroxylation is 2. The number of aromatic nitrogens is 2. The molecule has 0 bridgehead atoms. The molecule has 1 atom stereocenters. The first-order valence-corrected chi connectivity index (χ1v) is 11.6. The predicted molar refractivity (Wildman–Crippen MR) is 132 cm³/mol. The zero-order valence-electron chi connectivity index (χ0n) is 19.6. The Morgan fingerprint density at radius 2 is 1.32 bits per heavy atom. The van der Waals surface area contributed by atoms with Gasteiger partial charge in [-0.2, -0.15) is 0 Å². The van der Waals surface area contributed by atoms with E-state index in [1.54, 1.807) is 0 Å². The molecule has 31 heavy (non-hydrogen) atoms. The third-order valence-corrected chi connectivity index (χ3v) is 6.62. The third kappa shape index (κ3) is 4.57. The maximum atomic E-state index is 10.1. The second-order valence-electron chi connectivity index (χ2n) is 10.00. The average molecular weight is 417 g/mol. The molecule has 0 amide bonds. The number of rotatable bonds is 8. The number of para-hydroxylation sites is 2. The molecule has 164 valence electrons. The van der Waals surface area contributed by atoms with Crippen molar-refractivity contribution in [2.45, 2.75) is 72.1 Å². The van der Waals surface area contributed by atoms with Gasteiger partial charge in [0.2, 0.25) is 0 Å². The maximum Gasteiger partial charge on any atom is 0.110 e. The van der Waals surface area contributed by atoms with Crippen molar-refractivity contribution >= 4 is 21.8 Å². The first-order valence-electron chi connectivity index (χ1n) is 11.6. The average Bonchev–Trinajstić information content (AvgIpc) is 3.23. The molecule has 0 fully saturated rings. The first kappa shape index (κ1) is 21.7. The highest BCUT2D eigenvalue weighted by molar-refractivity contribution is 5.85. The van der Waals surface area contributed by atoms with Gasteiger partial charge >= 0.3 is 0 Å². The van der Waals surface area contributed by atoms with E-state index < -0.39 is 5.60 Å². The zero-order valence-corrected chi connectivity index (χ0v) is 19.6. The van der Waals surface area contributed by atoms with Crippen molar-refractivity contribution in [2.75, 3.05) is 0 Å². The summed E-state index contributed by atoms with van der Waals surface area (Å²) in [7, 11) is 0. The Morgan fingerprint density at radius 3 is 1.81 bits per heavy atom. The molecule has 2 aromatic carbocycles.